The van der Waals surface area contributed by atoms with Gasteiger partial charge >= 0.3 is 0 Å². The number of aryl methyl sites for hydroxylation is 1. The van der Waals surface area contributed by atoms with Gasteiger partial charge in [-0.15, -0.1) is 11.3 Å². The normalized spacial score (nSPS) is 14.5. The van der Waals surface area contributed by atoms with E-state index in [1.165, 1.54) is 21.8 Å². The van der Waals surface area contributed by atoms with E-state index >= 15 is 0 Å². The third-order valence-electron chi connectivity index (χ3n) is 3.48. The summed E-state index contributed by atoms with van der Waals surface area (Å²) in [7, 11) is 0. The molecule has 0 aliphatic carbocycles. The molecule has 3 rings (SSSR count). The van der Waals surface area contributed by atoms with Crippen molar-refractivity contribution in [2.75, 3.05) is 19.6 Å². The molecule has 1 aromatic heterocycles. The van der Waals surface area contributed by atoms with Crippen molar-refractivity contribution in [3.63, 3.8) is 0 Å². The Labute approximate surface area is 138 Å². The summed E-state index contributed by atoms with van der Waals surface area (Å²) in [6.07, 6.45) is 0. The number of hydrogen-bond acceptors (Lipinski definition) is 5. The maximum atomic E-state index is 12.3. The molecule has 6 nitrogen and oxygen atoms in total. The van der Waals surface area contributed by atoms with Gasteiger partial charge in [0.05, 0.1) is 6.54 Å². The van der Waals surface area contributed by atoms with Gasteiger partial charge in [0.25, 0.3) is 5.91 Å². The molecule has 2 amide bonds. The van der Waals surface area contributed by atoms with Crippen LogP contribution in [0.1, 0.15) is 21.1 Å². The number of nitrogens with zero attached hydrogens (tertiary/aromatic N) is 2. The van der Waals surface area contributed by atoms with Crippen LogP contribution < -0.4 is 10.1 Å². The lowest BCUT2D eigenvalue weighted by molar-refractivity contribution is -0.123. The minimum atomic E-state index is -0.210. The number of piperazine rings is 1. The minimum absolute atomic E-state index is 0.0888. The molecule has 1 fully saturated rings. The first-order valence-corrected chi connectivity index (χ1v) is 8.19. The van der Waals surface area contributed by atoms with Gasteiger partial charge in [0, 0.05) is 18.5 Å². The Morgan fingerprint density at radius 1 is 1.39 bits per heavy atom. The SMILES string of the molecule is Cc1ccc(OCc2nc(C(=O)N3CCNC(=O)C3)cs2)cc1. The standard InChI is InChI=1S/C16H17N3O3S/c1-11-2-4-12(5-3-11)22-9-15-18-13(10-23-15)16(21)19-7-6-17-14(20)8-19/h2-5,10H,6-9H2,1H3,(H,17,20). The first-order chi connectivity index (χ1) is 11.1. The highest BCUT2D eigenvalue weighted by Crippen LogP contribution is 2.17. The molecule has 0 atom stereocenters. The summed E-state index contributed by atoms with van der Waals surface area (Å²) in [5.41, 5.74) is 1.54. The van der Waals surface area contributed by atoms with Crippen LogP contribution in [0.3, 0.4) is 0 Å². The summed E-state index contributed by atoms with van der Waals surface area (Å²) in [4.78, 5) is 29.5. The number of carbonyl (C=O) groups excluding carboxylic acids is 2. The van der Waals surface area contributed by atoms with E-state index < -0.39 is 0 Å². The van der Waals surface area contributed by atoms with Crippen LogP contribution in [0.5, 0.6) is 5.75 Å². The molecule has 120 valence electrons. The maximum absolute atomic E-state index is 12.3. The van der Waals surface area contributed by atoms with Crippen molar-refractivity contribution in [2.24, 2.45) is 0 Å². The molecule has 1 aliphatic rings. The van der Waals surface area contributed by atoms with E-state index in [9.17, 15) is 9.59 Å². The van der Waals surface area contributed by atoms with Crippen LogP contribution in [-0.2, 0) is 11.4 Å². The zero-order valence-electron chi connectivity index (χ0n) is 12.7. The van der Waals surface area contributed by atoms with E-state index in [1.807, 2.05) is 31.2 Å². The van der Waals surface area contributed by atoms with Crippen molar-refractivity contribution in [2.45, 2.75) is 13.5 Å². The number of ether oxygens (including phenoxy) is 1. The summed E-state index contributed by atoms with van der Waals surface area (Å²) in [5.74, 6) is 0.423. The van der Waals surface area contributed by atoms with E-state index in [-0.39, 0.29) is 18.4 Å². The largest absolute Gasteiger partial charge is 0.486 e. The Balaban J connectivity index is 1.60. The number of hydrogen-bond donors (Lipinski definition) is 1. The van der Waals surface area contributed by atoms with E-state index in [2.05, 4.69) is 10.3 Å². The van der Waals surface area contributed by atoms with E-state index in [1.54, 1.807) is 5.38 Å². The van der Waals surface area contributed by atoms with Gasteiger partial charge in [-0.3, -0.25) is 9.59 Å². The van der Waals surface area contributed by atoms with Crippen LogP contribution >= 0.6 is 11.3 Å². The fourth-order valence-electron chi connectivity index (χ4n) is 2.23. The van der Waals surface area contributed by atoms with Gasteiger partial charge in [0.1, 0.15) is 23.1 Å². The number of nitrogens with one attached hydrogen (secondary N) is 1. The van der Waals surface area contributed by atoms with Gasteiger partial charge in [0.15, 0.2) is 0 Å². The Bertz CT molecular complexity index is 712. The number of rotatable bonds is 4. The lowest BCUT2D eigenvalue weighted by atomic mass is 10.2. The first kappa shape index (κ1) is 15.5. The summed E-state index contributed by atoms with van der Waals surface area (Å²) >= 11 is 1.38. The van der Waals surface area contributed by atoms with Gasteiger partial charge in [-0.05, 0) is 19.1 Å². The monoisotopic (exact) mass is 331 g/mol. The summed E-state index contributed by atoms with van der Waals surface area (Å²) in [6, 6.07) is 7.77. The second-order valence-corrected chi connectivity index (χ2v) is 6.25. The highest BCUT2D eigenvalue weighted by atomic mass is 32.1. The molecule has 2 heterocycles. The number of carbonyl (C=O) groups is 2. The second-order valence-electron chi connectivity index (χ2n) is 5.30. The van der Waals surface area contributed by atoms with Crippen molar-refractivity contribution in [3.8, 4) is 5.75 Å². The Kier molecular flexibility index (Phi) is 4.57. The lowest BCUT2D eigenvalue weighted by Crippen LogP contribution is -2.50. The first-order valence-electron chi connectivity index (χ1n) is 7.31. The van der Waals surface area contributed by atoms with Crippen LogP contribution in [0.25, 0.3) is 0 Å². The third-order valence-corrected chi connectivity index (χ3v) is 4.30. The van der Waals surface area contributed by atoms with E-state index in [0.29, 0.717) is 25.4 Å². The van der Waals surface area contributed by atoms with Gasteiger partial charge < -0.3 is 15.0 Å². The molecule has 1 aromatic carbocycles. The molecule has 0 spiro atoms. The zero-order valence-corrected chi connectivity index (χ0v) is 13.6. The van der Waals surface area contributed by atoms with Crippen molar-refractivity contribution in [1.82, 2.24) is 15.2 Å². The molecular formula is C16H17N3O3S. The topological polar surface area (TPSA) is 71.5 Å². The Morgan fingerprint density at radius 3 is 2.91 bits per heavy atom. The van der Waals surface area contributed by atoms with E-state index in [4.69, 9.17) is 4.74 Å². The highest BCUT2D eigenvalue weighted by molar-refractivity contribution is 7.09. The average Bonchev–Trinajstić information content (AvgIpc) is 3.02. The molecule has 7 heteroatoms. The molecule has 0 bridgehead atoms. The highest BCUT2D eigenvalue weighted by Gasteiger charge is 2.24. The molecule has 1 saturated heterocycles. The minimum Gasteiger partial charge on any atom is -0.486 e. The Hall–Kier alpha value is -2.41. The molecule has 1 aliphatic heterocycles. The van der Waals surface area contributed by atoms with E-state index in [0.717, 1.165) is 10.8 Å². The molecule has 0 saturated carbocycles. The van der Waals surface area contributed by atoms with Crippen LogP contribution in [0.4, 0.5) is 0 Å². The number of thiazole rings is 1. The van der Waals surface area contributed by atoms with Crippen LogP contribution in [0.2, 0.25) is 0 Å². The fourth-order valence-corrected chi connectivity index (χ4v) is 2.91. The molecule has 0 unspecified atom stereocenters. The van der Waals surface area contributed by atoms with Gasteiger partial charge in [-0.25, -0.2) is 4.98 Å². The zero-order chi connectivity index (χ0) is 16.2. The number of aromatic nitrogens is 1. The van der Waals surface area contributed by atoms with Gasteiger partial charge in [-0.1, -0.05) is 17.7 Å². The van der Waals surface area contributed by atoms with Crippen LogP contribution in [0.15, 0.2) is 29.6 Å². The van der Waals surface area contributed by atoms with Crippen LogP contribution in [-0.4, -0.2) is 41.3 Å². The average molecular weight is 331 g/mol. The molecule has 1 N–H and O–H groups in total. The predicted octanol–water partition coefficient (Wildman–Crippen LogP) is 1.60. The fraction of sp³-hybridized carbons (Fsp3) is 0.312. The van der Waals surface area contributed by atoms with Crippen molar-refractivity contribution in [1.29, 1.82) is 0 Å². The quantitative estimate of drug-likeness (QED) is 0.924. The molecule has 0 radical (unpaired) electrons. The molecule has 23 heavy (non-hydrogen) atoms. The van der Waals surface area contributed by atoms with Crippen LogP contribution in [0, 0.1) is 6.92 Å². The Morgan fingerprint density at radius 2 is 2.17 bits per heavy atom. The number of benzene rings is 1. The smallest absolute Gasteiger partial charge is 0.273 e. The summed E-state index contributed by atoms with van der Waals surface area (Å²) in [6.45, 7) is 3.42. The molecule has 2 aromatic rings. The van der Waals surface area contributed by atoms with Crippen molar-refractivity contribution >= 4 is 23.2 Å². The van der Waals surface area contributed by atoms with Gasteiger partial charge in [-0.2, -0.15) is 0 Å². The summed E-state index contributed by atoms with van der Waals surface area (Å²) in [5, 5.41) is 5.14. The van der Waals surface area contributed by atoms with Crippen molar-refractivity contribution in [3.05, 3.63) is 45.9 Å². The predicted molar refractivity (Wildman–Crippen MR) is 86.5 cm³/mol. The number of amides is 2. The van der Waals surface area contributed by atoms with Crippen molar-refractivity contribution < 1.29 is 14.3 Å². The van der Waals surface area contributed by atoms with Gasteiger partial charge in [0.2, 0.25) is 5.91 Å². The maximum Gasteiger partial charge on any atom is 0.273 e. The summed E-state index contributed by atoms with van der Waals surface area (Å²) < 4.78 is 5.66. The second kappa shape index (κ2) is 6.78. The lowest BCUT2D eigenvalue weighted by Gasteiger charge is -2.25. The third kappa shape index (κ3) is 3.87. The molecular weight excluding hydrogens is 314 g/mol.